The Morgan fingerprint density at radius 3 is 2.09 bits per heavy atom. The number of carboxylic acids is 1. The standard InChI is InChI=1S/C20H29NO2/c1-11(2)17-13(5)21(12(3)4)18-15(17)9-14(20(6,7)8)10-16(18)19(22)23/h9-12H,1-8H3,(H,22,23). The van der Waals surface area contributed by atoms with Gasteiger partial charge in [0.15, 0.2) is 0 Å². The zero-order valence-corrected chi connectivity index (χ0v) is 15.6. The first-order chi connectivity index (χ1) is 10.5. The van der Waals surface area contributed by atoms with Crippen molar-refractivity contribution in [2.24, 2.45) is 0 Å². The molecule has 0 unspecified atom stereocenters. The minimum atomic E-state index is -0.851. The summed E-state index contributed by atoms with van der Waals surface area (Å²) in [6.07, 6.45) is 0. The Kier molecular flexibility index (Phi) is 4.36. The molecule has 0 saturated carbocycles. The van der Waals surface area contributed by atoms with Gasteiger partial charge in [0, 0.05) is 17.1 Å². The van der Waals surface area contributed by atoms with E-state index in [4.69, 9.17) is 0 Å². The SMILES string of the molecule is Cc1c(C(C)C)c2cc(C(C)(C)C)cc(C(=O)O)c2n1C(C)C. The van der Waals surface area contributed by atoms with Crippen molar-refractivity contribution >= 4 is 16.9 Å². The number of rotatable bonds is 3. The first-order valence-corrected chi connectivity index (χ1v) is 8.39. The second-order valence-corrected chi connectivity index (χ2v) is 8.09. The molecule has 0 spiro atoms. The minimum Gasteiger partial charge on any atom is -0.478 e. The van der Waals surface area contributed by atoms with Crippen LogP contribution < -0.4 is 0 Å². The topological polar surface area (TPSA) is 42.2 Å². The van der Waals surface area contributed by atoms with Gasteiger partial charge in [0.1, 0.15) is 0 Å². The van der Waals surface area contributed by atoms with E-state index in [1.54, 1.807) is 0 Å². The van der Waals surface area contributed by atoms with Gasteiger partial charge in [0.2, 0.25) is 0 Å². The van der Waals surface area contributed by atoms with Crippen LogP contribution in [-0.4, -0.2) is 15.6 Å². The van der Waals surface area contributed by atoms with E-state index in [1.807, 2.05) is 6.07 Å². The molecule has 2 aromatic rings. The van der Waals surface area contributed by atoms with Gasteiger partial charge in [-0.2, -0.15) is 0 Å². The molecule has 0 aliphatic carbocycles. The van der Waals surface area contributed by atoms with E-state index in [1.165, 1.54) is 11.3 Å². The largest absolute Gasteiger partial charge is 0.478 e. The Morgan fingerprint density at radius 2 is 1.70 bits per heavy atom. The van der Waals surface area contributed by atoms with Crippen LogP contribution in [0.1, 0.15) is 87.6 Å². The van der Waals surface area contributed by atoms with Crippen LogP contribution in [0.3, 0.4) is 0 Å². The molecule has 2 rings (SSSR count). The van der Waals surface area contributed by atoms with Gasteiger partial charge in [0.05, 0.1) is 11.1 Å². The van der Waals surface area contributed by atoms with Crippen molar-refractivity contribution in [3.63, 3.8) is 0 Å². The van der Waals surface area contributed by atoms with E-state index in [-0.39, 0.29) is 11.5 Å². The Hall–Kier alpha value is -1.77. The number of nitrogens with zero attached hydrogens (tertiary/aromatic N) is 1. The fraction of sp³-hybridized carbons (Fsp3) is 0.550. The van der Waals surface area contributed by atoms with Gasteiger partial charge in [-0.05, 0) is 55.4 Å². The van der Waals surface area contributed by atoms with Gasteiger partial charge in [-0.3, -0.25) is 0 Å². The summed E-state index contributed by atoms with van der Waals surface area (Å²) in [6, 6.07) is 4.28. The van der Waals surface area contributed by atoms with Gasteiger partial charge in [-0.25, -0.2) is 4.79 Å². The Morgan fingerprint density at radius 1 is 1.13 bits per heavy atom. The molecule has 1 aromatic heterocycles. The number of carboxylic acid groups (broad SMARTS) is 1. The molecule has 126 valence electrons. The minimum absolute atomic E-state index is 0.0829. The van der Waals surface area contributed by atoms with Crippen LogP contribution in [0.15, 0.2) is 12.1 Å². The normalized spacial score (nSPS) is 12.6. The number of aromatic nitrogens is 1. The molecule has 3 nitrogen and oxygen atoms in total. The summed E-state index contributed by atoms with van der Waals surface area (Å²) in [5, 5.41) is 10.9. The van der Waals surface area contributed by atoms with Gasteiger partial charge in [0.25, 0.3) is 0 Å². The Labute approximate surface area is 139 Å². The van der Waals surface area contributed by atoms with E-state index in [0.717, 1.165) is 16.5 Å². The molecule has 0 amide bonds. The molecule has 0 radical (unpaired) electrons. The molecule has 0 saturated heterocycles. The molecule has 0 bridgehead atoms. The summed E-state index contributed by atoms with van der Waals surface area (Å²) in [5.41, 5.74) is 4.71. The van der Waals surface area contributed by atoms with E-state index in [0.29, 0.717) is 11.5 Å². The van der Waals surface area contributed by atoms with Crippen LogP contribution in [0.4, 0.5) is 0 Å². The van der Waals surface area contributed by atoms with Gasteiger partial charge < -0.3 is 9.67 Å². The zero-order valence-electron chi connectivity index (χ0n) is 15.6. The van der Waals surface area contributed by atoms with E-state index in [2.05, 4.69) is 66.0 Å². The lowest BCUT2D eigenvalue weighted by molar-refractivity contribution is 0.0698. The first kappa shape index (κ1) is 17.6. The average Bonchev–Trinajstić information content (AvgIpc) is 2.67. The van der Waals surface area contributed by atoms with Crippen molar-refractivity contribution in [3.8, 4) is 0 Å². The molecular weight excluding hydrogens is 286 g/mol. The molecule has 1 heterocycles. The second kappa shape index (κ2) is 5.70. The lowest BCUT2D eigenvalue weighted by Crippen LogP contribution is -2.14. The molecule has 3 heteroatoms. The zero-order chi connectivity index (χ0) is 17.7. The maximum Gasteiger partial charge on any atom is 0.337 e. The molecule has 0 aliphatic heterocycles. The summed E-state index contributed by atoms with van der Waals surface area (Å²) in [6.45, 7) is 17.1. The highest BCUT2D eigenvalue weighted by Gasteiger charge is 2.26. The predicted octanol–water partition coefficient (Wildman–Crippen LogP) is 5.65. The second-order valence-electron chi connectivity index (χ2n) is 8.09. The smallest absolute Gasteiger partial charge is 0.337 e. The summed E-state index contributed by atoms with van der Waals surface area (Å²) in [5.74, 6) is -0.495. The molecule has 0 aliphatic rings. The summed E-state index contributed by atoms with van der Waals surface area (Å²) in [7, 11) is 0. The number of fused-ring (bicyclic) bond motifs is 1. The fourth-order valence-corrected chi connectivity index (χ4v) is 3.56. The highest BCUT2D eigenvalue weighted by Crippen LogP contribution is 2.38. The van der Waals surface area contributed by atoms with E-state index < -0.39 is 5.97 Å². The van der Waals surface area contributed by atoms with Crippen molar-refractivity contribution in [1.82, 2.24) is 4.57 Å². The average molecular weight is 315 g/mol. The summed E-state index contributed by atoms with van der Waals surface area (Å²) >= 11 is 0. The van der Waals surface area contributed by atoms with E-state index >= 15 is 0 Å². The number of benzene rings is 1. The maximum atomic E-state index is 11.9. The van der Waals surface area contributed by atoms with Crippen molar-refractivity contribution in [2.45, 2.75) is 72.8 Å². The highest BCUT2D eigenvalue weighted by atomic mass is 16.4. The lowest BCUT2D eigenvalue weighted by atomic mass is 9.84. The van der Waals surface area contributed by atoms with E-state index in [9.17, 15) is 9.90 Å². The third-order valence-corrected chi connectivity index (χ3v) is 4.58. The number of hydrogen-bond donors (Lipinski definition) is 1. The van der Waals surface area contributed by atoms with Crippen LogP contribution in [-0.2, 0) is 5.41 Å². The summed E-state index contributed by atoms with van der Waals surface area (Å²) < 4.78 is 2.18. The molecule has 23 heavy (non-hydrogen) atoms. The van der Waals surface area contributed by atoms with Crippen molar-refractivity contribution in [2.75, 3.05) is 0 Å². The highest BCUT2D eigenvalue weighted by molar-refractivity contribution is 6.04. The van der Waals surface area contributed by atoms with Crippen LogP contribution in [0, 0.1) is 6.92 Å². The monoisotopic (exact) mass is 315 g/mol. The lowest BCUT2D eigenvalue weighted by Gasteiger charge is -2.21. The molecular formula is C20H29NO2. The predicted molar refractivity (Wildman–Crippen MR) is 96.8 cm³/mol. The Bertz CT molecular complexity index is 758. The third kappa shape index (κ3) is 2.89. The van der Waals surface area contributed by atoms with Gasteiger partial charge >= 0.3 is 5.97 Å². The van der Waals surface area contributed by atoms with Gasteiger partial charge in [-0.1, -0.05) is 34.6 Å². The quantitative estimate of drug-likeness (QED) is 0.795. The van der Waals surface area contributed by atoms with Crippen molar-refractivity contribution < 1.29 is 9.90 Å². The molecule has 0 atom stereocenters. The van der Waals surface area contributed by atoms with Crippen LogP contribution in [0.5, 0.6) is 0 Å². The van der Waals surface area contributed by atoms with Crippen LogP contribution in [0.25, 0.3) is 10.9 Å². The third-order valence-electron chi connectivity index (χ3n) is 4.58. The molecule has 1 aromatic carbocycles. The number of carbonyl (C=O) groups is 1. The fourth-order valence-electron chi connectivity index (χ4n) is 3.56. The van der Waals surface area contributed by atoms with Crippen molar-refractivity contribution in [1.29, 1.82) is 0 Å². The van der Waals surface area contributed by atoms with Crippen molar-refractivity contribution in [3.05, 3.63) is 34.5 Å². The first-order valence-electron chi connectivity index (χ1n) is 8.39. The number of hydrogen-bond acceptors (Lipinski definition) is 1. The molecule has 0 fully saturated rings. The maximum absolute atomic E-state index is 11.9. The summed E-state index contributed by atoms with van der Waals surface area (Å²) in [4.78, 5) is 11.9. The Balaban J connectivity index is 3.06. The molecule has 1 N–H and O–H groups in total. The van der Waals surface area contributed by atoms with Gasteiger partial charge in [-0.15, -0.1) is 0 Å². The van der Waals surface area contributed by atoms with Crippen LogP contribution in [0.2, 0.25) is 0 Å². The van der Waals surface area contributed by atoms with Crippen LogP contribution >= 0.6 is 0 Å². The number of aromatic carboxylic acids is 1.